The van der Waals surface area contributed by atoms with Crippen LogP contribution in [-0.4, -0.2) is 57.6 Å². The smallest absolute Gasteiger partial charge is 0.203 e. The number of hydrogen-bond acceptors (Lipinski definition) is 6. The molecule has 6 nitrogen and oxygen atoms in total. The number of methoxy groups -OCH3 is 3. The molecule has 2 aromatic rings. The standard InChI is InChI=1S/C20H25NO5/c1-23-17-12-14(13-18(24-2)20(17)25-3)19(21-8-10-26-11-9-21)15-6-4-5-7-16(15)22/h4-7,12-13,19,22H,8-11H2,1-3H3. The van der Waals surface area contributed by atoms with E-state index in [4.69, 9.17) is 18.9 Å². The minimum Gasteiger partial charge on any atom is -0.508 e. The van der Waals surface area contributed by atoms with Gasteiger partial charge in [-0.15, -0.1) is 0 Å². The number of aromatic hydroxyl groups is 1. The van der Waals surface area contributed by atoms with E-state index in [0.717, 1.165) is 24.2 Å². The molecule has 1 aliphatic heterocycles. The van der Waals surface area contributed by atoms with Crippen molar-refractivity contribution < 1.29 is 24.1 Å². The molecule has 0 bridgehead atoms. The van der Waals surface area contributed by atoms with Crippen molar-refractivity contribution in [1.29, 1.82) is 0 Å². The van der Waals surface area contributed by atoms with Crippen LogP contribution in [0.1, 0.15) is 17.2 Å². The molecule has 0 aromatic heterocycles. The fraction of sp³-hybridized carbons (Fsp3) is 0.400. The van der Waals surface area contributed by atoms with Gasteiger partial charge < -0.3 is 24.1 Å². The van der Waals surface area contributed by atoms with Crippen molar-refractivity contribution in [1.82, 2.24) is 4.90 Å². The molecule has 0 spiro atoms. The van der Waals surface area contributed by atoms with Crippen molar-refractivity contribution in [3.8, 4) is 23.0 Å². The zero-order valence-corrected chi connectivity index (χ0v) is 15.4. The number of rotatable bonds is 6. The summed E-state index contributed by atoms with van der Waals surface area (Å²) in [4.78, 5) is 2.29. The molecular formula is C20H25NO5. The van der Waals surface area contributed by atoms with Crippen molar-refractivity contribution in [3.05, 3.63) is 47.5 Å². The number of morpholine rings is 1. The molecule has 2 aromatic carbocycles. The topological polar surface area (TPSA) is 60.4 Å². The summed E-state index contributed by atoms with van der Waals surface area (Å²) < 4.78 is 22.0. The highest BCUT2D eigenvalue weighted by Gasteiger charge is 2.28. The summed E-state index contributed by atoms with van der Waals surface area (Å²) in [7, 11) is 4.79. The lowest BCUT2D eigenvalue weighted by molar-refractivity contribution is 0.0235. The predicted octanol–water partition coefficient (Wildman–Crippen LogP) is 2.84. The van der Waals surface area contributed by atoms with E-state index in [1.807, 2.05) is 30.3 Å². The summed E-state index contributed by atoms with van der Waals surface area (Å²) in [5.74, 6) is 2.00. The average Bonchev–Trinajstić information content (AvgIpc) is 2.69. The maximum absolute atomic E-state index is 10.5. The SMILES string of the molecule is COc1cc(C(c2ccccc2O)N2CCOCC2)cc(OC)c1OC. The molecule has 1 atom stereocenters. The molecule has 1 aliphatic rings. The zero-order valence-electron chi connectivity index (χ0n) is 15.4. The van der Waals surface area contributed by atoms with E-state index >= 15 is 0 Å². The Bertz CT molecular complexity index is 718. The lowest BCUT2D eigenvalue weighted by Gasteiger charge is -2.35. The zero-order chi connectivity index (χ0) is 18.5. The highest BCUT2D eigenvalue weighted by molar-refractivity contribution is 5.56. The third-order valence-corrected chi connectivity index (χ3v) is 4.64. The van der Waals surface area contributed by atoms with Crippen LogP contribution in [0, 0.1) is 0 Å². The summed E-state index contributed by atoms with van der Waals surface area (Å²) in [6.07, 6.45) is 0. The van der Waals surface area contributed by atoms with Crippen LogP contribution in [0.5, 0.6) is 23.0 Å². The minimum atomic E-state index is -0.145. The van der Waals surface area contributed by atoms with Crippen molar-refractivity contribution in [2.24, 2.45) is 0 Å². The third-order valence-electron chi connectivity index (χ3n) is 4.64. The van der Waals surface area contributed by atoms with Gasteiger partial charge in [0.05, 0.1) is 40.6 Å². The molecule has 140 valence electrons. The Kier molecular flexibility index (Phi) is 5.85. The first kappa shape index (κ1) is 18.4. The molecule has 6 heteroatoms. The fourth-order valence-electron chi connectivity index (χ4n) is 3.40. The van der Waals surface area contributed by atoms with Crippen molar-refractivity contribution in [2.75, 3.05) is 47.6 Å². The van der Waals surface area contributed by atoms with Gasteiger partial charge in [-0.05, 0) is 23.8 Å². The Morgan fingerprint density at radius 3 is 2.12 bits per heavy atom. The maximum atomic E-state index is 10.5. The van der Waals surface area contributed by atoms with Gasteiger partial charge in [0.2, 0.25) is 5.75 Å². The molecule has 0 radical (unpaired) electrons. The van der Waals surface area contributed by atoms with Gasteiger partial charge in [-0.1, -0.05) is 18.2 Å². The molecule has 0 amide bonds. The molecule has 0 saturated carbocycles. The van der Waals surface area contributed by atoms with Crippen LogP contribution in [0.2, 0.25) is 0 Å². The van der Waals surface area contributed by atoms with Crippen LogP contribution in [-0.2, 0) is 4.74 Å². The van der Waals surface area contributed by atoms with E-state index < -0.39 is 0 Å². The molecule has 0 aliphatic carbocycles. The maximum Gasteiger partial charge on any atom is 0.203 e. The predicted molar refractivity (Wildman–Crippen MR) is 98.4 cm³/mol. The number of hydrogen-bond donors (Lipinski definition) is 1. The number of phenols is 1. The first-order chi connectivity index (χ1) is 12.7. The molecule has 1 unspecified atom stereocenters. The van der Waals surface area contributed by atoms with Crippen LogP contribution >= 0.6 is 0 Å². The van der Waals surface area contributed by atoms with Gasteiger partial charge in [0, 0.05) is 18.7 Å². The minimum absolute atomic E-state index is 0.145. The number of nitrogens with zero attached hydrogens (tertiary/aromatic N) is 1. The van der Waals surface area contributed by atoms with E-state index in [1.165, 1.54) is 0 Å². The second-order valence-electron chi connectivity index (χ2n) is 6.07. The van der Waals surface area contributed by atoms with Gasteiger partial charge in [-0.25, -0.2) is 0 Å². The Balaban J connectivity index is 2.14. The summed E-state index contributed by atoms with van der Waals surface area (Å²) >= 11 is 0. The summed E-state index contributed by atoms with van der Waals surface area (Å²) in [6.45, 7) is 2.87. The molecular weight excluding hydrogens is 334 g/mol. The Hall–Kier alpha value is -2.44. The van der Waals surface area contributed by atoms with E-state index in [2.05, 4.69) is 4.90 Å². The Morgan fingerprint density at radius 1 is 0.962 bits per heavy atom. The number of ether oxygens (including phenoxy) is 4. The normalized spacial score (nSPS) is 16.1. The van der Waals surface area contributed by atoms with Crippen LogP contribution in [0.15, 0.2) is 36.4 Å². The monoisotopic (exact) mass is 359 g/mol. The van der Waals surface area contributed by atoms with Gasteiger partial charge in [-0.3, -0.25) is 4.90 Å². The molecule has 1 heterocycles. The number of benzene rings is 2. The summed E-state index contributed by atoms with van der Waals surface area (Å²) in [6, 6.07) is 11.1. The highest BCUT2D eigenvalue weighted by atomic mass is 16.5. The Labute approximate surface area is 153 Å². The van der Waals surface area contributed by atoms with Crippen LogP contribution < -0.4 is 14.2 Å². The number of para-hydroxylation sites is 1. The molecule has 26 heavy (non-hydrogen) atoms. The fourth-order valence-corrected chi connectivity index (χ4v) is 3.40. The quantitative estimate of drug-likeness (QED) is 0.856. The lowest BCUT2D eigenvalue weighted by Crippen LogP contribution is -2.39. The van der Waals surface area contributed by atoms with Gasteiger partial charge in [0.1, 0.15) is 5.75 Å². The second-order valence-corrected chi connectivity index (χ2v) is 6.07. The van der Waals surface area contributed by atoms with Gasteiger partial charge in [-0.2, -0.15) is 0 Å². The van der Waals surface area contributed by atoms with Gasteiger partial charge in [0.25, 0.3) is 0 Å². The van der Waals surface area contributed by atoms with E-state index in [1.54, 1.807) is 27.4 Å². The summed E-state index contributed by atoms with van der Waals surface area (Å²) in [5, 5.41) is 10.5. The molecule has 1 saturated heterocycles. The van der Waals surface area contributed by atoms with Crippen LogP contribution in [0.4, 0.5) is 0 Å². The van der Waals surface area contributed by atoms with Crippen LogP contribution in [0.25, 0.3) is 0 Å². The lowest BCUT2D eigenvalue weighted by atomic mass is 9.95. The van der Waals surface area contributed by atoms with E-state index in [9.17, 15) is 5.11 Å². The largest absolute Gasteiger partial charge is 0.508 e. The highest BCUT2D eigenvalue weighted by Crippen LogP contribution is 2.43. The van der Waals surface area contributed by atoms with E-state index in [0.29, 0.717) is 30.5 Å². The third kappa shape index (κ3) is 3.57. The number of phenolic OH excluding ortho intramolecular Hbond substituents is 1. The average molecular weight is 359 g/mol. The first-order valence-electron chi connectivity index (χ1n) is 8.59. The van der Waals surface area contributed by atoms with E-state index in [-0.39, 0.29) is 11.8 Å². The van der Waals surface area contributed by atoms with Gasteiger partial charge in [0.15, 0.2) is 11.5 Å². The van der Waals surface area contributed by atoms with Crippen molar-refractivity contribution in [2.45, 2.75) is 6.04 Å². The van der Waals surface area contributed by atoms with Crippen LogP contribution in [0.3, 0.4) is 0 Å². The molecule has 1 N–H and O–H groups in total. The summed E-state index contributed by atoms with van der Waals surface area (Å²) in [5.41, 5.74) is 1.80. The van der Waals surface area contributed by atoms with Gasteiger partial charge >= 0.3 is 0 Å². The second kappa shape index (κ2) is 8.29. The Morgan fingerprint density at radius 2 is 1.58 bits per heavy atom. The first-order valence-corrected chi connectivity index (χ1v) is 8.59. The molecule has 1 fully saturated rings. The molecule has 3 rings (SSSR count). The van der Waals surface area contributed by atoms with Crippen molar-refractivity contribution in [3.63, 3.8) is 0 Å². The van der Waals surface area contributed by atoms with Crippen molar-refractivity contribution >= 4 is 0 Å².